The minimum atomic E-state index is -0.140. The maximum absolute atomic E-state index is 9.62. The highest BCUT2D eigenvalue weighted by atomic mass is 16.3. The first-order chi connectivity index (χ1) is 6.18. The van der Waals surface area contributed by atoms with Gasteiger partial charge in [-0.05, 0) is 39.0 Å². The Balaban J connectivity index is 2.25. The molecule has 1 N–H and O–H groups in total. The Morgan fingerprint density at radius 1 is 1.31 bits per heavy atom. The van der Waals surface area contributed by atoms with E-state index in [9.17, 15) is 5.11 Å². The summed E-state index contributed by atoms with van der Waals surface area (Å²) in [6.45, 7) is 6.34. The van der Waals surface area contributed by atoms with Crippen molar-refractivity contribution in [1.29, 1.82) is 0 Å². The van der Waals surface area contributed by atoms with Crippen LogP contribution in [-0.2, 0) is 0 Å². The van der Waals surface area contributed by atoms with E-state index in [0.717, 1.165) is 19.3 Å². The van der Waals surface area contributed by atoms with Gasteiger partial charge in [-0.15, -0.1) is 0 Å². The van der Waals surface area contributed by atoms with Crippen molar-refractivity contribution in [3.05, 3.63) is 23.3 Å². The van der Waals surface area contributed by atoms with E-state index in [1.54, 1.807) is 11.1 Å². The quantitative estimate of drug-likeness (QED) is 0.565. The van der Waals surface area contributed by atoms with E-state index in [0.29, 0.717) is 5.92 Å². The molecule has 0 aromatic heterocycles. The van der Waals surface area contributed by atoms with E-state index in [4.69, 9.17) is 0 Å². The van der Waals surface area contributed by atoms with Gasteiger partial charge in [0, 0.05) is 5.92 Å². The molecule has 0 bridgehead atoms. The maximum Gasteiger partial charge on any atom is 0.0580 e. The van der Waals surface area contributed by atoms with Crippen molar-refractivity contribution in [2.75, 3.05) is 0 Å². The summed E-state index contributed by atoms with van der Waals surface area (Å²) in [6, 6.07) is 0. The maximum atomic E-state index is 9.62. The molecule has 0 aliphatic heterocycles. The Bertz CT molecular complexity index is 262. The molecule has 0 aromatic carbocycles. The van der Waals surface area contributed by atoms with Crippen LogP contribution in [-0.4, -0.2) is 11.2 Å². The second-order valence-corrected chi connectivity index (χ2v) is 4.45. The fourth-order valence-corrected chi connectivity index (χ4v) is 2.70. The molecule has 1 fully saturated rings. The van der Waals surface area contributed by atoms with Gasteiger partial charge in [0.15, 0.2) is 0 Å². The smallest absolute Gasteiger partial charge is 0.0580 e. The van der Waals surface area contributed by atoms with E-state index in [1.807, 2.05) is 0 Å². The van der Waals surface area contributed by atoms with Crippen LogP contribution in [0.3, 0.4) is 0 Å². The van der Waals surface area contributed by atoms with Crippen molar-refractivity contribution in [3.8, 4) is 0 Å². The Morgan fingerprint density at radius 3 is 2.85 bits per heavy atom. The lowest BCUT2D eigenvalue weighted by Gasteiger charge is -2.13. The largest absolute Gasteiger partial charge is 0.393 e. The zero-order valence-electron chi connectivity index (χ0n) is 8.34. The molecule has 2 aliphatic carbocycles. The summed E-state index contributed by atoms with van der Waals surface area (Å²) in [5, 5.41) is 9.62. The lowest BCUT2D eigenvalue weighted by molar-refractivity contribution is 0.167. The SMILES string of the molecule is C=C1CC(O)CCC2=C(C)CCC12. The van der Waals surface area contributed by atoms with Gasteiger partial charge in [0.05, 0.1) is 6.10 Å². The number of aliphatic hydroxyl groups is 1. The number of aliphatic hydroxyl groups excluding tert-OH is 1. The molecule has 2 rings (SSSR count). The van der Waals surface area contributed by atoms with Crippen LogP contribution in [0.5, 0.6) is 0 Å². The van der Waals surface area contributed by atoms with Gasteiger partial charge in [-0.3, -0.25) is 0 Å². The first kappa shape index (κ1) is 9.01. The van der Waals surface area contributed by atoms with Crippen LogP contribution in [0.2, 0.25) is 0 Å². The monoisotopic (exact) mass is 178 g/mol. The van der Waals surface area contributed by atoms with E-state index in [1.165, 1.54) is 18.4 Å². The predicted molar refractivity (Wildman–Crippen MR) is 54.4 cm³/mol. The summed E-state index contributed by atoms with van der Waals surface area (Å²) in [5.74, 6) is 0.608. The van der Waals surface area contributed by atoms with Crippen LogP contribution in [0, 0.1) is 5.92 Å². The number of hydrogen-bond acceptors (Lipinski definition) is 1. The molecule has 1 saturated carbocycles. The second kappa shape index (κ2) is 3.30. The highest BCUT2D eigenvalue weighted by Gasteiger charge is 2.29. The summed E-state index contributed by atoms with van der Waals surface area (Å²) < 4.78 is 0. The van der Waals surface area contributed by atoms with Gasteiger partial charge < -0.3 is 5.11 Å². The van der Waals surface area contributed by atoms with E-state index < -0.39 is 0 Å². The Labute approximate surface area is 80.2 Å². The summed E-state index contributed by atoms with van der Waals surface area (Å²) in [6.07, 6.45) is 5.20. The number of allylic oxidation sites excluding steroid dienone is 2. The first-order valence-corrected chi connectivity index (χ1v) is 5.22. The fourth-order valence-electron chi connectivity index (χ4n) is 2.70. The van der Waals surface area contributed by atoms with E-state index in [2.05, 4.69) is 13.5 Å². The number of rotatable bonds is 0. The van der Waals surface area contributed by atoms with Crippen LogP contribution in [0.4, 0.5) is 0 Å². The molecular weight excluding hydrogens is 160 g/mol. The molecule has 0 aromatic rings. The highest BCUT2D eigenvalue weighted by molar-refractivity contribution is 5.30. The third-order valence-corrected chi connectivity index (χ3v) is 3.51. The molecule has 0 heterocycles. The van der Waals surface area contributed by atoms with Crippen molar-refractivity contribution in [2.24, 2.45) is 5.92 Å². The van der Waals surface area contributed by atoms with Gasteiger partial charge in [-0.2, -0.15) is 0 Å². The number of fused-ring (bicyclic) bond motifs is 1. The lowest BCUT2D eigenvalue weighted by Crippen LogP contribution is -2.06. The molecule has 0 amide bonds. The first-order valence-electron chi connectivity index (χ1n) is 5.22. The number of hydrogen-bond donors (Lipinski definition) is 1. The molecule has 0 spiro atoms. The Hall–Kier alpha value is -0.560. The molecule has 13 heavy (non-hydrogen) atoms. The van der Waals surface area contributed by atoms with Crippen LogP contribution in [0.25, 0.3) is 0 Å². The summed E-state index contributed by atoms with van der Waals surface area (Å²) >= 11 is 0. The molecular formula is C12H18O. The average Bonchev–Trinajstić information content (AvgIpc) is 2.36. The minimum Gasteiger partial charge on any atom is -0.393 e. The van der Waals surface area contributed by atoms with Crippen LogP contribution < -0.4 is 0 Å². The van der Waals surface area contributed by atoms with Gasteiger partial charge in [0.1, 0.15) is 0 Å². The summed E-state index contributed by atoms with van der Waals surface area (Å²) in [7, 11) is 0. The molecule has 0 saturated heterocycles. The van der Waals surface area contributed by atoms with Crippen LogP contribution in [0.15, 0.2) is 23.3 Å². The molecule has 1 heteroatoms. The van der Waals surface area contributed by atoms with Gasteiger partial charge >= 0.3 is 0 Å². The van der Waals surface area contributed by atoms with Crippen molar-refractivity contribution in [3.63, 3.8) is 0 Å². The topological polar surface area (TPSA) is 20.2 Å². The van der Waals surface area contributed by atoms with E-state index in [-0.39, 0.29) is 6.10 Å². The van der Waals surface area contributed by atoms with Crippen molar-refractivity contribution < 1.29 is 5.11 Å². The van der Waals surface area contributed by atoms with Gasteiger partial charge in [0.25, 0.3) is 0 Å². The molecule has 2 unspecified atom stereocenters. The van der Waals surface area contributed by atoms with Crippen LogP contribution >= 0.6 is 0 Å². The predicted octanol–water partition coefficient (Wildman–Crippen LogP) is 2.81. The standard InChI is InChI=1S/C12H18O/c1-8-3-5-12-9(2)7-10(13)4-6-11(8)12/h10,12-13H,2-7H2,1H3. The summed E-state index contributed by atoms with van der Waals surface area (Å²) in [5.41, 5.74) is 4.40. The van der Waals surface area contributed by atoms with Crippen LogP contribution in [0.1, 0.15) is 39.0 Å². The minimum absolute atomic E-state index is 0.140. The average molecular weight is 178 g/mol. The van der Waals surface area contributed by atoms with Crippen molar-refractivity contribution >= 4 is 0 Å². The third kappa shape index (κ3) is 1.58. The zero-order valence-corrected chi connectivity index (χ0v) is 8.34. The normalized spacial score (nSPS) is 34.8. The fraction of sp³-hybridized carbons (Fsp3) is 0.667. The Morgan fingerprint density at radius 2 is 2.08 bits per heavy atom. The Kier molecular flexibility index (Phi) is 2.29. The molecule has 1 nitrogen and oxygen atoms in total. The third-order valence-electron chi connectivity index (χ3n) is 3.51. The second-order valence-electron chi connectivity index (χ2n) is 4.45. The highest BCUT2D eigenvalue weighted by Crippen LogP contribution is 2.42. The zero-order chi connectivity index (χ0) is 9.42. The van der Waals surface area contributed by atoms with Gasteiger partial charge in [0.2, 0.25) is 0 Å². The van der Waals surface area contributed by atoms with Crippen molar-refractivity contribution in [2.45, 2.75) is 45.1 Å². The molecule has 72 valence electrons. The molecule has 0 radical (unpaired) electrons. The van der Waals surface area contributed by atoms with Gasteiger partial charge in [-0.25, -0.2) is 0 Å². The molecule has 2 aliphatic rings. The van der Waals surface area contributed by atoms with E-state index >= 15 is 0 Å². The van der Waals surface area contributed by atoms with Gasteiger partial charge in [-0.1, -0.05) is 23.3 Å². The summed E-state index contributed by atoms with van der Waals surface area (Å²) in [4.78, 5) is 0. The molecule has 2 atom stereocenters. The lowest BCUT2D eigenvalue weighted by atomic mass is 9.92. The van der Waals surface area contributed by atoms with Crippen molar-refractivity contribution in [1.82, 2.24) is 0 Å².